The topological polar surface area (TPSA) is 186 Å². The number of aromatic nitrogens is 2. The predicted octanol–water partition coefficient (Wildman–Crippen LogP) is 11.1. The molecule has 0 bridgehead atoms. The zero-order valence-electron chi connectivity index (χ0n) is 36.5. The van der Waals surface area contributed by atoms with Crippen molar-refractivity contribution in [1.29, 1.82) is 5.26 Å². The zero-order valence-corrected chi connectivity index (χ0v) is 38.1. The smallest absolute Gasteiger partial charge is 0.292 e. The average Bonchev–Trinajstić information content (AvgIpc) is 3.29. The van der Waals surface area contributed by atoms with Gasteiger partial charge in [-0.15, -0.1) is 15.2 Å². The Labute approximate surface area is 379 Å². The van der Waals surface area contributed by atoms with Crippen molar-refractivity contribution < 1.29 is 30.4 Å². The first-order valence-electron chi connectivity index (χ1n) is 20.1. The Morgan fingerprint density at radius 3 is 1.62 bits per heavy atom. The van der Waals surface area contributed by atoms with Crippen LogP contribution in [0.5, 0.6) is 5.75 Å². The Morgan fingerprint density at radius 1 is 0.692 bits per heavy atom. The Hall–Kier alpha value is -7.07. The summed E-state index contributed by atoms with van der Waals surface area (Å²) in [4.78, 5) is 14.5. The van der Waals surface area contributed by atoms with Gasteiger partial charge in [-0.25, -0.2) is 30.8 Å². The van der Waals surface area contributed by atoms with Gasteiger partial charge in [-0.3, -0.25) is 0 Å². The third-order valence-electron chi connectivity index (χ3n) is 9.98. The molecule has 65 heavy (non-hydrogen) atoms. The van der Waals surface area contributed by atoms with Crippen LogP contribution in [-0.2, 0) is 20.0 Å². The summed E-state index contributed by atoms with van der Waals surface area (Å²) in [6.07, 6.45) is 4.61. The lowest BCUT2D eigenvalue weighted by molar-refractivity contribution is 0.495. The molecule has 0 fully saturated rings. The van der Waals surface area contributed by atoms with E-state index in [1.54, 1.807) is 86.8 Å². The van der Waals surface area contributed by atoms with E-state index in [1.165, 1.54) is 42.7 Å². The molecule has 4 N–H and O–H groups in total. The molecule has 0 amide bonds. The Kier molecular flexibility index (Phi) is 17.9. The molecule has 13 nitrogen and oxygen atoms in total. The number of nitrogens with two attached hydrogens (primary N) is 1. The molecular weight excluding hydrogens is 871 g/mol. The predicted molar refractivity (Wildman–Crippen MR) is 250 cm³/mol. The van der Waals surface area contributed by atoms with Gasteiger partial charge in [0.15, 0.2) is 5.75 Å². The number of nitrogens with zero attached hydrogens (tertiary/aromatic N) is 5. The van der Waals surface area contributed by atoms with Crippen LogP contribution < -0.4 is 19.9 Å². The van der Waals surface area contributed by atoms with E-state index in [0.29, 0.717) is 50.4 Å². The van der Waals surface area contributed by atoms with Gasteiger partial charge in [-0.2, -0.15) is 4.72 Å². The number of nitrogens with one attached hydrogen (secondary N) is 2. The fraction of sp³-hybridized carbons (Fsp3) is 0.229. The Balaban J connectivity index is 0.000000239. The molecule has 2 atom stereocenters. The van der Waals surface area contributed by atoms with E-state index in [9.17, 15) is 25.6 Å². The summed E-state index contributed by atoms with van der Waals surface area (Å²) in [6.45, 7) is 25.0. The van der Waals surface area contributed by atoms with Crippen molar-refractivity contribution in [3.63, 3.8) is 0 Å². The van der Waals surface area contributed by atoms with Crippen molar-refractivity contribution in [3.05, 3.63) is 178 Å². The highest BCUT2D eigenvalue weighted by Gasteiger charge is 2.23. The fourth-order valence-electron chi connectivity index (χ4n) is 6.39. The van der Waals surface area contributed by atoms with E-state index in [0.717, 1.165) is 5.56 Å². The lowest BCUT2D eigenvalue weighted by atomic mass is 9.94. The van der Waals surface area contributed by atoms with Crippen LogP contribution in [0, 0.1) is 36.3 Å². The summed E-state index contributed by atoms with van der Waals surface area (Å²) in [6, 6.07) is 29.8. The minimum Gasteiger partial charge on any atom is -0.387 e. The monoisotopic (exact) mass is 918 g/mol. The zero-order chi connectivity index (χ0) is 47.9. The van der Waals surface area contributed by atoms with E-state index in [1.807, 2.05) is 39.8 Å². The molecule has 0 saturated heterocycles. The van der Waals surface area contributed by atoms with Gasteiger partial charge in [0.25, 0.3) is 17.9 Å². The molecule has 0 saturated carbocycles. The standard InChI is InChI=1S/C24H25FN4O2S.C16H12FN3O.C8H11NO2S/c1-16(2)21-13-20(25)14-22(19-10-11-27-23(12-19)26-4)24(21)28-15-29-32(30,31)17(3)18-8-6-5-7-9-18;1-10(2)13-7-12(17)8-14(16(13)21-9-18)11-4-5-20-15(6-11)19-3;1-7(12(9,10)11)8-5-3-2-4-6-8/h5-14,16-17,28-29H,15H2,1-3H3;4-8,10H,1-2H3;2-7H,1H3,(H2,9,10,11). The number of halogens is 2. The van der Waals surface area contributed by atoms with Crippen LogP contribution in [0.4, 0.5) is 26.1 Å². The van der Waals surface area contributed by atoms with Crippen molar-refractivity contribution in [2.45, 2.75) is 63.9 Å². The molecule has 2 aromatic heterocycles. The summed E-state index contributed by atoms with van der Waals surface area (Å²) in [5.41, 5.74) is 5.51. The number of benzene rings is 4. The molecule has 17 heteroatoms. The van der Waals surface area contributed by atoms with Gasteiger partial charge >= 0.3 is 0 Å². The maximum Gasteiger partial charge on any atom is 0.292 e. The fourth-order valence-corrected chi connectivity index (χ4v) is 7.96. The highest BCUT2D eigenvalue weighted by Crippen LogP contribution is 2.39. The van der Waals surface area contributed by atoms with Crippen LogP contribution in [0.1, 0.15) is 86.1 Å². The van der Waals surface area contributed by atoms with E-state index < -0.39 is 42.2 Å². The van der Waals surface area contributed by atoms with Crippen LogP contribution in [0.3, 0.4) is 0 Å². The Bertz CT molecular complexity index is 2940. The van der Waals surface area contributed by atoms with Crippen LogP contribution in [0.15, 0.2) is 122 Å². The average molecular weight is 919 g/mol. The normalized spacial score (nSPS) is 11.9. The highest BCUT2D eigenvalue weighted by atomic mass is 32.2. The van der Waals surface area contributed by atoms with Crippen LogP contribution in [-0.4, -0.2) is 33.5 Å². The van der Waals surface area contributed by atoms with Crippen molar-refractivity contribution in [2.75, 3.05) is 12.0 Å². The molecule has 0 spiro atoms. The second-order valence-corrected chi connectivity index (χ2v) is 19.0. The maximum atomic E-state index is 14.4. The summed E-state index contributed by atoms with van der Waals surface area (Å²) in [5, 5.41) is 15.6. The van der Waals surface area contributed by atoms with Crippen LogP contribution in [0.25, 0.3) is 31.9 Å². The SMILES string of the molecule is CC(c1ccccc1)S(N)(=O)=O.[C-]#[N+]c1cc(-c2cc(F)cc(C(C)C)c2NCNS(=O)(=O)C(C)c2ccccc2)ccn1.[C-]#[N+]c1cc(-c2cc(F)cc(C(C)C)c2OC#N)ccn1. The lowest BCUT2D eigenvalue weighted by Gasteiger charge is -2.21. The van der Waals surface area contributed by atoms with Gasteiger partial charge < -0.3 is 19.7 Å². The number of sulfonamides is 2. The molecule has 2 unspecified atom stereocenters. The highest BCUT2D eigenvalue weighted by molar-refractivity contribution is 7.89. The van der Waals surface area contributed by atoms with Gasteiger partial charge in [-0.1, -0.05) is 102 Å². The van der Waals surface area contributed by atoms with Crippen LogP contribution >= 0.6 is 0 Å². The maximum absolute atomic E-state index is 14.4. The summed E-state index contributed by atoms with van der Waals surface area (Å²) >= 11 is 0. The second-order valence-electron chi connectivity index (χ2n) is 15.1. The van der Waals surface area contributed by atoms with Crippen molar-refractivity contribution in [1.82, 2.24) is 14.7 Å². The van der Waals surface area contributed by atoms with Gasteiger partial charge in [0, 0.05) is 22.4 Å². The molecule has 0 aliphatic rings. The van der Waals surface area contributed by atoms with Gasteiger partial charge in [0.2, 0.25) is 20.0 Å². The van der Waals surface area contributed by atoms with Crippen molar-refractivity contribution >= 4 is 37.4 Å². The Morgan fingerprint density at radius 2 is 1.15 bits per heavy atom. The number of rotatable bonds is 13. The molecular formula is C48H48F2N8O5S2. The first kappa shape index (κ1) is 50.6. The molecule has 6 rings (SSSR count). The van der Waals surface area contributed by atoms with Crippen molar-refractivity contribution in [3.8, 4) is 34.3 Å². The summed E-state index contributed by atoms with van der Waals surface area (Å²) in [5.74, 6) is -0.143. The number of hydrogen-bond donors (Lipinski definition) is 3. The second kappa shape index (κ2) is 23.0. The van der Waals surface area contributed by atoms with Crippen molar-refractivity contribution in [2.24, 2.45) is 5.14 Å². The third kappa shape index (κ3) is 14.0. The largest absolute Gasteiger partial charge is 0.387 e. The lowest BCUT2D eigenvalue weighted by Crippen LogP contribution is -2.32. The van der Waals surface area contributed by atoms with E-state index >= 15 is 0 Å². The number of ether oxygens (including phenoxy) is 1. The number of anilines is 1. The van der Waals surface area contributed by atoms with Crippen LogP contribution in [0.2, 0.25) is 0 Å². The van der Waals surface area contributed by atoms with E-state index in [2.05, 4.69) is 29.7 Å². The minimum atomic E-state index is -3.65. The van der Waals surface area contributed by atoms with E-state index in [4.69, 9.17) is 28.3 Å². The first-order chi connectivity index (χ1) is 30.8. The number of primary sulfonamides is 1. The quantitative estimate of drug-likeness (QED) is 0.0576. The van der Waals surface area contributed by atoms with Gasteiger partial charge in [0.1, 0.15) is 24.0 Å². The molecule has 0 aliphatic heterocycles. The van der Waals surface area contributed by atoms with Gasteiger partial charge in [0.05, 0.1) is 17.2 Å². The van der Waals surface area contributed by atoms with Gasteiger partial charge in [-0.05, 0) is 102 Å². The first-order valence-corrected chi connectivity index (χ1v) is 23.2. The summed E-state index contributed by atoms with van der Waals surface area (Å²) in [7, 11) is -7.11. The molecule has 4 aromatic carbocycles. The molecule has 0 aliphatic carbocycles. The molecule has 0 radical (unpaired) electrons. The number of pyridine rings is 2. The minimum absolute atomic E-state index is 0.00929. The third-order valence-corrected chi connectivity index (χ3v) is 13.0. The molecule has 336 valence electrons. The number of hydrogen-bond acceptors (Lipinski definition) is 9. The molecule has 2 heterocycles. The number of nitriles is 1. The molecule has 6 aromatic rings. The summed E-state index contributed by atoms with van der Waals surface area (Å²) < 4.78 is 83.3. The van der Waals surface area contributed by atoms with E-state index in [-0.39, 0.29) is 30.1 Å².